The normalized spacial score (nSPS) is 10.8. The van der Waals surface area contributed by atoms with Crippen molar-refractivity contribution < 1.29 is 9.53 Å². The van der Waals surface area contributed by atoms with E-state index in [4.69, 9.17) is 17.0 Å². The van der Waals surface area contributed by atoms with Crippen molar-refractivity contribution in [3.63, 3.8) is 0 Å². The van der Waals surface area contributed by atoms with E-state index in [1.165, 1.54) is 16.9 Å². The molecule has 0 aliphatic carbocycles. The van der Waals surface area contributed by atoms with E-state index < -0.39 is 0 Å². The molecule has 0 unspecified atom stereocenters. The molecule has 0 saturated carbocycles. The van der Waals surface area contributed by atoms with Gasteiger partial charge in [-0.3, -0.25) is 4.79 Å². The molecule has 0 bridgehead atoms. The summed E-state index contributed by atoms with van der Waals surface area (Å²) in [4.78, 5) is 12.6. The Morgan fingerprint density at radius 1 is 1.00 bits per heavy atom. The lowest BCUT2D eigenvalue weighted by Gasteiger charge is -2.07. The fourth-order valence-corrected chi connectivity index (χ4v) is 5.48. The number of methoxy groups -OCH3 is 1. The number of benzene rings is 3. The first-order valence-corrected chi connectivity index (χ1v) is 12.6. The molecule has 0 atom stereocenters. The Kier molecular flexibility index (Phi) is 8.06. The molecular weight excluding hydrogens is 470 g/mol. The van der Waals surface area contributed by atoms with Gasteiger partial charge in [-0.05, 0) is 53.2 Å². The van der Waals surface area contributed by atoms with E-state index in [1.807, 2.05) is 54.6 Å². The lowest BCUT2D eigenvalue weighted by Crippen LogP contribution is -2.22. The fourth-order valence-electron chi connectivity index (χ4n) is 3.16. The Bertz CT molecular complexity index is 1250. The summed E-state index contributed by atoms with van der Waals surface area (Å²) in [5.74, 6) is 0.723. The second-order valence-electron chi connectivity index (χ2n) is 7.30. The molecule has 1 amide bonds. The highest BCUT2D eigenvalue weighted by molar-refractivity contribution is 8.00. The molecule has 33 heavy (non-hydrogen) atoms. The van der Waals surface area contributed by atoms with Crippen molar-refractivity contribution in [3.8, 4) is 5.69 Å². The minimum atomic E-state index is -0.122. The van der Waals surface area contributed by atoms with E-state index in [0.29, 0.717) is 22.7 Å². The number of ether oxygens (including phenoxy) is 1. The van der Waals surface area contributed by atoms with Gasteiger partial charge < -0.3 is 10.1 Å². The predicted octanol–water partition coefficient (Wildman–Crippen LogP) is 6.03. The molecule has 1 heterocycles. The van der Waals surface area contributed by atoms with E-state index in [0.717, 1.165) is 26.9 Å². The Morgan fingerprint density at radius 3 is 2.39 bits per heavy atom. The molecule has 1 aromatic heterocycles. The molecule has 1 N–H and O–H groups in total. The Morgan fingerprint density at radius 2 is 1.70 bits per heavy atom. The van der Waals surface area contributed by atoms with Gasteiger partial charge in [0.05, 0.1) is 12.3 Å². The summed E-state index contributed by atoms with van der Waals surface area (Å²) in [6.45, 7) is 1.04. The number of hydrogen-bond donors (Lipinski definition) is 1. The third kappa shape index (κ3) is 6.39. The molecule has 0 aliphatic rings. The lowest BCUT2D eigenvalue weighted by molar-refractivity contribution is 0.0951. The molecule has 4 rings (SSSR count). The van der Waals surface area contributed by atoms with Gasteiger partial charge >= 0.3 is 0 Å². The van der Waals surface area contributed by atoms with Crippen molar-refractivity contribution in [3.05, 3.63) is 105 Å². The summed E-state index contributed by atoms with van der Waals surface area (Å²) in [6, 6.07) is 25.6. The van der Waals surface area contributed by atoms with Crippen molar-refractivity contribution in [2.45, 2.75) is 23.2 Å². The molecule has 3 aromatic carbocycles. The largest absolute Gasteiger partial charge is 0.380 e. The third-order valence-electron chi connectivity index (χ3n) is 4.90. The summed E-state index contributed by atoms with van der Waals surface area (Å²) in [5, 5.41) is 7.61. The zero-order chi connectivity index (χ0) is 23.0. The number of aromatic nitrogens is 2. The van der Waals surface area contributed by atoms with E-state index >= 15 is 0 Å². The van der Waals surface area contributed by atoms with Crippen LogP contribution in [0.3, 0.4) is 0 Å². The van der Waals surface area contributed by atoms with E-state index in [-0.39, 0.29) is 5.91 Å². The van der Waals surface area contributed by atoms with Gasteiger partial charge in [0.1, 0.15) is 0 Å². The highest BCUT2D eigenvalue weighted by atomic mass is 32.2. The summed E-state index contributed by atoms with van der Waals surface area (Å²) in [5.41, 5.74) is 4.82. The standard InChI is InChI=1S/C25H23N3O2S3/c1-30-16-19-9-7-18(8-10-19)15-26-23(29)21-11-13-22(14-12-21)28-25(31)33-24(27-28)32-17-20-5-3-2-4-6-20/h2-14H,15-17H2,1H3,(H,26,29). The quantitative estimate of drug-likeness (QED) is 0.228. The van der Waals surface area contributed by atoms with Crippen molar-refractivity contribution in [1.29, 1.82) is 0 Å². The maximum absolute atomic E-state index is 12.6. The molecule has 0 saturated heterocycles. The summed E-state index contributed by atoms with van der Waals surface area (Å²) < 4.78 is 8.47. The number of carbonyl (C=O) groups is 1. The zero-order valence-electron chi connectivity index (χ0n) is 18.1. The van der Waals surface area contributed by atoms with Crippen LogP contribution >= 0.6 is 35.3 Å². The predicted molar refractivity (Wildman–Crippen MR) is 137 cm³/mol. The number of amides is 1. The average Bonchev–Trinajstić information content (AvgIpc) is 3.23. The molecule has 0 spiro atoms. The monoisotopic (exact) mass is 493 g/mol. The first-order chi connectivity index (χ1) is 16.1. The fraction of sp³-hybridized carbons (Fsp3) is 0.160. The van der Waals surface area contributed by atoms with Crippen LogP contribution in [-0.2, 0) is 23.6 Å². The molecule has 0 fully saturated rings. The van der Waals surface area contributed by atoms with Crippen molar-refractivity contribution in [2.75, 3.05) is 7.11 Å². The van der Waals surface area contributed by atoms with E-state index in [9.17, 15) is 4.79 Å². The Hall–Kier alpha value is -2.78. The van der Waals surface area contributed by atoms with Crippen LogP contribution in [0.1, 0.15) is 27.0 Å². The Balaban J connectivity index is 1.36. The van der Waals surface area contributed by atoms with Crippen LogP contribution in [-0.4, -0.2) is 22.8 Å². The highest BCUT2D eigenvalue weighted by Crippen LogP contribution is 2.27. The average molecular weight is 494 g/mol. The topological polar surface area (TPSA) is 56.1 Å². The van der Waals surface area contributed by atoms with Crippen LogP contribution in [0.4, 0.5) is 0 Å². The van der Waals surface area contributed by atoms with Crippen molar-refractivity contribution >= 4 is 41.2 Å². The first kappa shape index (κ1) is 23.4. The molecule has 4 aromatic rings. The molecule has 0 radical (unpaired) electrons. The first-order valence-electron chi connectivity index (χ1n) is 10.3. The molecular formula is C25H23N3O2S3. The maximum atomic E-state index is 12.6. The molecule has 8 heteroatoms. The summed E-state index contributed by atoms with van der Waals surface area (Å²) in [6.07, 6.45) is 0. The van der Waals surface area contributed by atoms with Crippen LogP contribution in [0.2, 0.25) is 0 Å². The summed E-state index contributed by atoms with van der Waals surface area (Å²) in [7, 11) is 1.67. The van der Waals surface area contributed by atoms with Crippen LogP contribution < -0.4 is 5.32 Å². The number of carbonyl (C=O) groups excluding carboxylic acids is 1. The van der Waals surface area contributed by atoms with E-state index in [2.05, 4.69) is 22.5 Å². The number of thioether (sulfide) groups is 1. The lowest BCUT2D eigenvalue weighted by atomic mass is 10.1. The van der Waals surface area contributed by atoms with Gasteiger partial charge in [0, 0.05) is 25.0 Å². The SMILES string of the molecule is COCc1ccc(CNC(=O)c2ccc(-n3nc(SCc4ccccc4)sc3=S)cc2)cc1. The van der Waals surface area contributed by atoms with Crippen LogP contribution in [0.5, 0.6) is 0 Å². The second-order valence-corrected chi connectivity index (χ2v) is 10.1. The number of hydrogen-bond acceptors (Lipinski definition) is 6. The number of nitrogens with zero attached hydrogens (tertiary/aromatic N) is 2. The third-order valence-corrected chi connectivity index (χ3v) is 7.33. The zero-order valence-corrected chi connectivity index (χ0v) is 20.5. The minimum Gasteiger partial charge on any atom is -0.380 e. The van der Waals surface area contributed by atoms with Gasteiger partial charge in [-0.15, -0.1) is 5.10 Å². The van der Waals surface area contributed by atoms with Gasteiger partial charge in [-0.2, -0.15) is 0 Å². The highest BCUT2D eigenvalue weighted by Gasteiger charge is 2.09. The van der Waals surface area contributed by atoms with Crippen LogP contribution in [0.25, 0.3) is 5.69 Å². The smallest absolute Gasteiger partial charge is 0.251 e. The molecule has 5 nitrogen and oxygen atoms in total. The van der Waals surface area contributed by atoms with Gasteiger partial charge in [0.25, 0.3) is 5.91 Å². The second kappa shape index (κ2) is 11.4. The minimum absolute atomic E-state index is 0.122. The van der Waals surface area contributed by atoms with Crippen LogP contribution in [0.15, 0.2) is 83.2 Å². The van der Waals surface area contributed by atoms with Crippen molar-refractivity contribution in [2.24, 2.45) is 0 Å². The Labute approximate surface area is 206 Å². The van der Waals surface area contributed by atoms with Crippen molar-refractivity contribution in [1.82, 2.24) is 15.1 Å². The van der Waals surface area contributed by atoms with Gasteiger partial charge in [0.2, 0.25) is 0 Å². The van der Waals surface area contributed by atoms with Crippen LogP contribution in [0, 0.1) is 3.95 Å². The number of nitrogens with one attached hydrogen (secondary N) is 1. The summed E-state index contributed by atoms with van der Waals surface area (Å²) >= 11 is 8.67. The maximum Gasteiger partial charge on any atom is 0.251 e. The van der Waals surface area contributed by atoms with E-state index in [1.54, 1.807) is 35.7 Å². The number of rotatable bonds is 9. The van der Waals surface area contributed by atoms with Gasteiger partial charge in [-0.1, -0.05) is 77.7 Å². The molecule has 168 valence electrons. The van der Waals surface area contributed by atoms with Gasteiger partial charge in [-0.25, -0.2) is 4.68 Å². The molecule has 0 aliphatic heterocycles. The van der Waals surface area contributed by atoms with Gasteiger partial charge in [0.15, 0.2) is 8.29 Å².